The molecule has 3 aromatic carbocycles. The third-order valence-electron chi connectivity index (χ3n) is 5.33. The number of alkyl carbamates (subject to hydrolysis) is 1. The van der Waals surface area contributed by atoms with Crippen LogP contribution in [0, 0.1) is 0 Å². The van der Waals surface area contributed by atoms with Crippen molar-refractivity contribution in [2.24, 2.45) is 0 Å². The summed E-state index contributed by atoms with van der Waals surface area (Å²) in [4.78, 5) is 23.7. The number of para-hydroxylation sites is 1. The normalized spacial score (nSPS) is 13.2. The first-order valence-electron chi connectivity index (χ1n) is 9.66. The highest BCUT2D eigenvalue weighted by Crippen LogP contribution is 2.44. The number of hydrogen-bond donors (Lipinski definition) is 3. The number of fused-ring (bicyclic) bond motifs is 3. The lowest BCUT2D eigenvalue weighted by molar-refractivity contribution is -0.137. The Morgan fingerprint density at radius 3 is 2.07 bits per heavy atom. The number of benzene rings is 3. The zero-order valence-electron chi connectivity index (χ0n) is 16.1. The summed E-state index contributed by atoms with van der Waals surface area (Å²) in [5.74, 6) is -1.27. The summed E-state index contributed by atoms with van der Waals surface area (Å²) in [6, 6.07) is 21.4. The maximum absolute atomic E-state index is 12.5. The van der Waals surface area contributed by atoms with Gasteiger partial charge in [0.15, 0.2) is 0 Å². The van der Waals surface area contributed by atoms with E-state index in [4.69, 9.17) is 4.74 Å². The number of carboxylic acids is 1. The number of amides is 1. The fourth-order valence-corrected chi connectivity index (χ4v) is 3.98. The van der Waals surface area contributed by atoms with Crippen LogP contribution in [0.3, 0.4) is 0 Å². The van der Waals surface area contributed by atoms with Crippen LogP contribution in [0.5, 0.6) is 5.75 Å². The summed E-state index contributed by atoms with van der Waals surface area (Å²) in [7, 11) is 0. The van der Waals surface area contributed by atoms with Crippen molar-refractivity contribution in [3.63, 3.8) is 0 Å². The van der Waals surface area contributed by atoms with Crippen molar-refractivity contribution in [2.45, 2.75) is 18.4 Å². The maximum Gasteiger partial charge on any atom is 0.407 e. The summed E-state index contributed by atoms with van der Waals surface area (Å²) < 4.78 is 5.49. The van der Waals surface area contributed by atoms with Gasteiger partial charge >= 0.3 is 12.1 Å². The molecule has 0 fully saturated rings. The van der Waals surface area contributed by atoms with E-state index in [1.165, 1.54) is 6.07 Å². The Kier molecular flexibility index (Phi) is 5.39. The van der Waals surface area contributed by atoms with E-state index < -0.39 is 18.1 Å². The van der Waals surface area contributed by atoms with Crippen LogP contribution in [0.1, 0.15) is 35.1 Å². The molecule has 1 atom stereocenters. The molecule has 0 saturated heterocycles. The molecule has 1 aliphatic carbocycles. The second kappa shape index (κ2) is 8.29. The lowest BCUT2D eigenvalue weighted by atomic mass is 9.98. The van der Waals surface area contributed by atoms with E-state index in [-0.39, 0.29) is 24.7 Å². The van der Waals surface area contributed by atoms with Gasteiger partial charge in [0.05, 0.1) is 12.5 Å². The minimum atomic E-state index is -1.10. The predicted molar refractivity (Wildman–Crippen MR) is 111 cm³/mol. The number of phenols is 1. The van der Waals surface area contributed by atoms with Crippen LogP contribution in [-0.4, -0.2) is 28.9 Å². The molecule has 1 unspecified atom stereocenters. The van der Waals surface area contributed by atoms with E-state index in [1.54, 1.807) is 18.2 Å². The smallest absolute Gasteiger partial charge is 0.407 e. The van der Waals surface area contributed by atoms with Gasteiger partial charge in [-0.15, -0.1) is 0 Å². The molecule has 6 nitrogen and oxygen atoms in total. The number of hydrogen-bond acceptors (Lipinski definition) is 4. The average Bonchev–Trinajstić information content (AvgIpc) is 3.06. The minimum Gasteiger partial charge on any atom is -0.508 e. The largest absolute Gasteiger partial charge is 0.508 e. The number of ether oxygens (including phenoxy) is 1. The molecular weight excluding hydrogens is 382 g/mol. The summed E-state index contributed by atoms with van der Waals surface area (Å²) >= 11 is 0. The summed E-state index contributed by atoms with van der Waals surface area (Å²) in [6.45, 7) is 0.125. The molecule has 0 aliphatic heterocycles. The van der Waals surface area contributed by atoms with Gasteiger partial charge in [-0.05, 0) is 28.3 Å². The molecule has 3 aromatic rings. The Labute approximate surface area is 173 Å². The third kappa shape index (κ3) is 3.85. The Morgan fingerprint density at radius 2 is 1.47 bits per heavy atom. The third-order valence-corrected chi connectivity index (χ3v) is 5.33. The molecule has 0 heterocycles. The fraction of sp³-hybridized carbons (Fsp3) is 0.167. The van der Waals surface area contributed by atoms with Crippen molar-refractivity contribution in [2.75, 3.05) is 6.61 Å². The first-order valence-corrected chi connectivity index (χ1v) is 9.66. The van der Waals surface area contributed by atoms with Crippen LogP contribution < -0.4 is 5.32 Å². The highest BCUT2D eigenvalue weighted by molar-refractivity contribution is 5.79. The predicted octanol–water partition coefficient (Wildman–Crippen LogP) is 4.45. The zero-order chi connectivity index (χ0) is 21.1. The number of carboxylic acid groups (broad SMARTS) is 1. The van der Waals surface area contributed by atoms with Gasteiger partial charge in [-0.3, -0.25) is 4.79 Å². The van der Waals surface area contributed by atoms with Crippen molar-refractivity contribution in [3.05, 3.63) is 89.5 Å². The quantitative estimate of drug-likeness (QED) is 0.565. The molecule has 0 bridgehead atoms. The average molecular weight is 403 g/mol. The lowest BCUT2D eigenvalue weighted by Gasteiger charge is -2.20. The van der Waals surface area contributed by atoms with Crippen LogP contribution >= 0.6 is 0 Å². The second-order valence-electron chi connectivity index (χ2n) is 7.18. The number of aromatic hydroxyl groups is 1. The molecule has 0 spiro atoms. The van der Waals surface area contributed by atoms with Crippen LogP contribution in [0.2, 0.25) is 0 Å². The first kappa shape index (κ1) is 19.5. The van der Waals surface area contributed by atoms with Crippen molar-refractivity contribution >= 4 is 12.1 Å². The van der Waals surface area contributed by atoms with Crippen LogP contribution in [0.4, 0.5) is 4.79 Å². The number of carbonyl (C=O) groups excluding carboxylic acids is 1. The molecule has 30 heavy (non-hydrogen) atoms. The van der Waals surface area contributed by atoms with E-state index in [1.807, 2.05) is 36.4 Å². The van der Waals surface area contributed by atoms with Gasteiger partial charge in [0.2, 0.25) is 0 Å². The molecule has 0 saturated carbocycles. The highest BCUT2D eigenvalue weighted by atomic mass is 16.5. The Morgan fingerprint density at radius 1 is 0.900 bits per heavy atom. The lowest BCUT2D eigenvalue weighted by Crippen LogP contribution is -2.31. The Bertz CT molecular complexity index is 1050. The van der Waals surface area contributed by atoms with Gasteiger partial charge in [-0.2, -0.15) is 0 Å². The Balaban J connectivity index is 1.49. The van der Waals surface area contributed by atoms with E-state index in [9.17, 15) is 19.8 Å². The van der Waals surface area contributed by atoms with Gasteiger partial charge in [0, 0.05) is 11.5 Å². The topological polar surface area (TPSA) is 95.9 Å². The molecule has 1 aliphatic rings. The molecule has 0 aromatic heterocycles. The van der Waals surface area contributed by atoms with Crippen LogP contribution in [0.15, 0.2) is 72.8 Å². The number of nitrogens with one attached hydrogen (secondary N) is 1. The zero-order valence-corrected chi connectivity index (χ0v) is 16.1. The van der Waals surface area contributed by atoms with Gasteiger partial charge in [-0.25, -0.2) is 4.79 Å². The summed E-state index contributed by atoms with van der Waals surface area (Å²) in [5, 5.41) is 21.8. The SMILES string of the molecule is O=C(O)CC(NC(=O)OCC1c2ccccc2-c2ccccc21)c1ccccc1O. The van der Waals surface area contributed by atoms with E-state index in [2.05, 4.69) is 17.4 Å². The van der Waals surface area contributed by atoms with E-state index in [0.717, 1.165) is 22.3 Å². The summed E-state index contributed by atoms with van der Waals surface area (Å²) in [5.41, 5.74) is 4.76. The minimum absolute atomic E-state index is 0.0808. The molecule has 152 valence electrons. The van der Waals surface area contributed by atoms with Gasteiger partial charge in [-0.1, -0.05) is 66.7 Å². The highest BCUT2D eigenvalue weighted by Gasteiger charge is 2.29. The summed E-state index contributed by atoms with van der Waals surface area (Å²) in [6.07, 6.45) is -1.10. The van der Waals surface area contributed by atoms with Gasteiger partial charge in [0.25, 0.3) is 0 Å². The fourth-order valence-electron chi connectivity index (χ4n) is 3.98. The number of rotatable bonds is 6. The van der Waals surface area contributed by atoms with Gasteiger partial charge in [0.1, 0.15) is 12.4 Å². The number of phenolic OH excluding ortho intramolecular Hbond substituents is 1. The molecule has 3 N–H and O–H groups in total. The molecular formula is C24H21NO5. The van der Waals surface area contributed by atoms with Crippen molar-refractivity contribution < 1.29 is 24.5 Å². The van der Waals surface area contributed by atoms with Crippen molar-refractivity contribution in [1.82, 2.24) is 5.32 Å². The van der Waals surface area contributed by atoms with Crippen molar-refractivity contribution in [3.8, 4) is 16.9 Å². The molecule has 4 rings (SSSR count). The van der Waals surface area contributed by atoms with Crippen LogP contribution in [0.25, 0.3) is 11.1 Å². The molecule has 0 radical (unpaired) electrons. The van der Waals surface area contributed by atoms with E-state index >= 15 is 0 Å². The van der Waals surface area contributed by atoms with Crippen LogP contribution in [-0.2, 0) is 9.53 Å². The van der Waals surface area contributed by atoms with Crippen molar-refractivity contribution in [1.29, 1.82) is 0 Å². The molecule has 1 amide bonds. The molecule has 6 heteroatoms. The maximum atomic E-state index is 12.5. The second-order valence-corrected chi connectivity index (χ2v) is 7.18. The monoisotopic (exact) mass is 403 g/mol. The van der Waals surface area contributed by atoms with E-state index in [0.29, 0.717) is 5.56 Å². The number of carbonyl (C=O) groups is 2. The standard InChI is InChI=1S/C24H21NO5/c26-22-12-6-5-11-19(22)21(13-23(27)28)25-24(29)30-14-20-17-9-3-1-7-15(17)16-8-2-4-10-18(16)20/h1-12,20-21,26H,13-14H2,(H,25,29)(H,27,28). The van der Waals surface area contributed by atoms with Gasteiger partial charge < -0.3 is 20.3 Å². The number of aliphatic carboxylic acids is 1. The Hall–Kier alpha value is -3.80. The first-order chi connectivity index (χ1) is 14.5.